The maximum Gasteiger partial charge on any atom is 0.257 e. The maximum atomic E-state index is 13.8. The Morgan fingerprint density at radius 1 is 1.17 bits per heavy atom. The van der Waals surface area contributed by atoms with Crippen molar-refractivity contribution in [2.24, 2.45) is 0 Å². The van der Waals surface area contributed by atoms with Gasteiger partial charge < -0.3 is 5.32 Å². The first-order valence-electron chi connectivity index (χ1n) is 9.54. The Labute approximate surface area is 182 Å². The van der Waals surface area contributed by atoms with Crippen LogP contribution in [0.25, 0.3) is 0 Å². The molecule has 1 unspecified atom stereocenters. The van der Waals surface area contributed by atoms with E-state index in [0.29, 0.717) is 39.1 Å². The van der Waals surface area contributed by atoms with Crippen LogP contribution in [0.15, 0.2) is 42.5 Å². The first-order valence-corrected chi connectivity index (χ1v) is 10.7. The number of amides is 2. The summed E-state index contributed by atoms with van der Waals surface area (Å²) in [6, 6.07) is 11.2. The van der Waals surface area contributed by atoms with E-state index in [1.807, 2.05) is 0 Å². The second kappa shape index (κ2) is 8.53. The van der Waals surface area contributed by atoms with Crippen LogP contribution in [0.5, 0.6) is 0 Å². The number of fused-ring (bicyclic) bond motifs is 1. The van der Waals surface area contributed by atoms with Crippen LogP contribution < -0.4 is 10.6 Å². The molecule has 0 saturated carbocycles. The zero-order chi connectivity index (χ0) is 21.3. The summed E-state index contributed by atoms with van der Waals surface area (Å²) in [6.07, 6.45) is 2.31. The lowest BCUT2D eigenvalue weighted by molar-refractivity contribution is -0.117. The topological polar surface area (TPSA) is 71.1 Å². The van der Waals surface area contributed by atoms with E-state index in [1.165, 1.54) is 17.4 Å². The molecular formula is C22H19ClFN3O2S. The summed E-state index contributed by atoms with van der Waals surface area (Å²) < 4.78 is 13.8. The number of rotatable bonds is 4. The molecule has 0 fully saturated rings. The average molecular weight is 444 g/mol. The predicted molar refractivity (Wildman–Crippen MR) is 117 cm³/mol. The maximum absolute atomic E-state index is 13.8. The molecule has 0 spiro atoms. The fraction of sp³-hybridized carbons (Fsp3) is 0.227. The third-order valence-corrected chi connectivity index (χ3v) is 6.34. The number of anilines is 2. The SMILES string of the molecule is Cc1ccc(NC(=O)C2CCCc3sc(NC(=O)c4ccc(Cl)cc4)nc32)cc1F. The van der Waals surface area contributed by atoms with Crippen molar-refractivity contribution in [1.29, 1.82) is 0 Å². The molecule has 4 rings (SSSR count). The van der Waals surface area contributed by atoms with E-state index in [1.54, 1.807) is 43.3 Å². The number of nitrogens with one attached hydrogen (secondary N) is 2. The number of aromatic nitrogens is 1. The van der Waals surface area contributed by atoms with Gasteiger partial charge in [-0.25, -0.2) is 9.37 Å². The Hall–Kier alpha value is -2.77. The highest BCUT2D eigenvalue weighted by Crippen LogP contribution is 2.37. The molecule has 0 bridgehead atoms. The molecule has 1 atom stereocenters. The van der Waals surface area contributed by atoms with E-state index in [9.17, 15) is 14.0 Å². The number of carbonyl (C=O) groups is 2. The van der Waals surface area contributed by atoms with Gasteiger partial charge in [-0.05, 0) is 68.1 Å². The molecule has 5 nitrogen and oxygen atoms in total. The summed E-state index contributed by atoms with van der Waals surface area (Å²) in [5.41, 5.74) is 2.10. The van der Waals surface area contributed by atoms with E-state index < -0.39 is 5.92 Å². The van der Waals surface area contributed by atoms with Gasteiger partial charge in [-0.3, -0.25) is 14.9 Å². The molecule has 154 valence electrons. The third-order valence-electron chi connectivity index (χ3n) is 5.04. The molecule has 2 aromatic carbocycles. The van der Waals surface area contributed by atoms with Crippen LogP contribution in [0.1, 0.15) is 45.3 Å². The van der Waals surface area contributed by atoms with Gasteiger partial charge in [0.05, 0.1) is 11.6 Å². The molecule has 1 heterocycles. The molecule has 2 amide bonds. The average Bonchev–Trinajstić information content (AvgIpc) is 3.13. The molecule has 0 aliphatic heterocycles. The van der Waals surface area contributed by atoms with Gasteiger partial charge in [-0.15, -0.1) is 11.3 Å². The van der Waals surface area contributed by atoms with E-state index in [2.05, 4.69) is 15.6 Å². The Kier molecular flexibility index (Phi) is 5.83. The smallest absolute Gasteiger partial charge is 0.257 e. The largest absolute Gasteiger partial charge is 0.325 e. The van der Waals surface area contributed by atoms with Crippen LogP contribution in [-0.2, 0) is 11.2 Å². The summed E-state index contributed by atoms with van der Waals surface area (Å²) in [4.78, 5) is 30.8. The van der Waals surface area contributed by atoms with Gasteiger partial charge >= 0.3 is 0 Å². The molecule has 3 aromatic rings. The van der Waals surface area contributed by atoms with Crippen molar-refractivity contribution in [1.82, 2.24) is 4.98 Å². The van der Waals surface area contributed by atoms with E-state index in [4.69, 9.17) is 11.6 Å². The summed E-state index contributed by atoms with van der Waals surface area (Å²) in [6.45, 7) is 1.67. The Morgan fingerprint density at radius 2 is 1.93 bits per heavy atom. The van der Waals surface area contributed by atoms with Gasteiger partial charge in [-0.2, -0.15) is 0 Å². The van der Waals surface area contributed by atoms with Crippen LogP contribution in [0.3, 0.4) is 0 Å². The Morgan fingerprint density at radius 3 is 2.67 bits per heavy atom. The van der Waals surface area contributed by atoms with Crippen LogP contribution in [0.4, 0.5) is 15.2 Å². The summed E-state index contributed by atoms with van der Waals surface area (Å²) in [7, 11) is 0. The van der Waals surface area contributed by atoms with Crippen LogP contribution in [0, 0.1) is 12.7 Å². The number of thiazole rings is 1. The zero-order valence-electron chi connectivity index (χ0n) is 16.2. The van der Waals surface area contributed by atoms with Crippen molar-refractivity contribution in [2.75, 3.05) is 10.6 Å². The van der Waals surface area contributed by atoms with Gasteiger partial charge in [0, 0.05) is 21.2 Å². The van der Waals surface area contributed by atoms with E-state index >= 15 is 0 Å². The predicted octanol–water partition coefficient (Wildman–Crippen LogP) is 5.55. The number of benzene rings is 2. The second-order valence-electron chi connectivity index (χ2n) is 7.19. The fourth-order valence-electron chi connectivity index (χ4n) is 3.40. The molecular weight excluding hydrogens is 425 g/mol. The first kappa shape index (κ1) is 20.5. The van der Waals surface area contributed by atoms with E-state index in [0.717, 1.165) is 17.7 Å². The molecule has 2 N–H and O–H groups in total. The number of nitrogens with zero attached hydrogens (tertiary/aromatic N) is 1. The minimum absolute atomic E-state index is 0.222. The fourth-order valence-corrected chi connectivity index (χ4v) is 4.58. The summed E-state index contributed by atoms with van der Waals surface area (Å²) in [5, 5.41) is 6.60. The van der Waals surface area contributed by atoms with Gasteiger partial charge in [0.15, 0.2) is 5.13 Å². The van der Waals surface area contributed by atoms with Crippen molar-refractivity contribution in [3.8, 4) is 0 Å². The van der Waals surface area contributed by atoms with Gasteiger partial charge in [0.1, 0.15) is 5.82 Å². The van der Waals surface area contributed by atoms with Gasteiger partial charge in [0.2, 0.25) is 5.91 Å². The molecule has 30 heavy (non-hydrogen) atoms. The number of halogens is 2. The van der Waals surface area contributed by atoms with Crippen molar-refractivity contribution in [3.63, 3.8) is 0 Å². The van der Waals surface area contributed by atoms with Crippen LogP contribution in [-0.4, -0.2) is 16.8 Å². The highest BCUT2D eigenvalue weighted by atomic mass is 35.5. The van der Waals surface area contributed by atoms with Crippen molar-refractivity contribution in [2.45, 2.75) is 32.1 Å². The van der Waals surface area contributed by atoms with Crippen LogP contribution in [0.2, 0.25) is 5.02 Å². The molecule has 1 aromatic heterocycles. The minimum atomic E-state index is -0.435. The molecule has 8 heteroatoms. The van der Waals surface area contributed by atoms with E-state index in [-0.39, 0.29) is 17.6 Å². The highest BCUT2D eigenvalue weighted by molar-refractivity contribution is 7.16. The third kappa shape index (κ3) is 4.37. The van der Waals surface area contributed by atoms with Crippen LogP contribution >= 0.6 is 22.9 Å². The van der Waals surface area contributed by atoms with Gasteiger partial charge in [-0.1, -0.05) is 17.7 Å². The number of hydrogen-bond acceptors (Lipinski definition) is 4. The van der Waals surface area contributed by atoms with Crippen molar-refractivity contribution < 1.29 is 14.0 Å². The first-order chi connectivity index (χ1) is 14.4. The zero-order valence-corrected chi connectivity index (χ0v) is 17.7. The standard InChI is InChI=1S/C22H19ClFN3O2S/c1-12-5-10-15(11-17(12)24)25-21(29)16-3-2-4-18-19(16)26-22(30-18)27-20(28)13-6-8-14(23)9-7-13/h5-11,16H,2-4H2,1H3,(H,25,29)(H,26,27,28). The second-order valence-corrected chi connectivity index (χ2v) is 8.71. The number of hydrogen-bond donors (Lipinski definition) is 2. The molecule has 0 saturated heterocycles. The summed E-state index contributed by atoms with van der Waals surface area (Å²) in [5.74, 6) is -1.30. The molecule has 0 radical (unpaired) electrons. The normalized spacial score (nSPS) is 15.4. The quantitative estimate of drug-likeness (QED) is 0.555. The monoisotopic (exact) mass is 443 g/mol. The van der Waals surface area contributed by atoms with Crippen molar-refractivity contribution in [3.05, 3.63) is 75.0 Å². The Bertz CT molecular complexity index is 1110. The lowest BCUT2D eigenvalue weighted by Crippen LogP contribution is -2.24. The Balaban J connectivity index is 1.50. The molecule has 1 aliphatic carbocycles. The number of aryl methyl sites for hydroxylation is 2. The highest BCUT2D eigenvalue weighted by Gasteiger charge is 2.30. The van der Waals surface area contributed by atoms with Crippen molar-refractivity contribution >= 4 is 45.6 Å². The lowest BCUT2D eigenvalue weighted by atomic mass is 9.90. The lowest BCUT2D eigenvalue weighted by Gasteiger charge is -2.20. The molecule has 1 aliphatic rings. The van der Waals surface area contributed by atoms with Gasteiger partial charge in [0.25, 0.3) is 5.91 Å². The summed E-state index contributed by atoms with van der Waals surface area (Å²) >= 11 is 7.25. The number of carbonyl (C=O) groups excluding carboxylic acids is 2. The minimum Gasteiger partial charge on any atom is -0.325 e.